The van der Waals surface area contributed by atoms with Crippen molar-refractivity contribution < 1.29 is 14.4 Å². The van der Waals surface area contributed by atoms with Crippen molar-refractivity contribution in [3.05, 3.63) is 231 Å². The van der Waals surface area contributed by atoms with E-state index >= 15 is 14.4 Å². The van der Waals surface area contributed by atoms with Gasteiger partial charge in [0.1, 0.15) is 17.0 Å². The smallest absolute Gasteiger partial charge is 0.261 e. The van der Waals surface area contributed by atoms with E-state index in [0.29, 0.717) is 59.9 Å². The highest BCUT2D eigenvalue weighted by atomic mass is 35.5. The largest absolute Gasteiger partial charge is 0.290 e. The van der Waals surface area contributed by atoms with Gasteiger partial charge in [-0.3, -0.25) is 29.1 Å². The summed E-state index contributed by atoms with van der Waals surface area (Å²) in [5, 5.41) is 1.37. The minimum atomic E-state index is -1.75. The number of benzene rings is 7. The summed E-state index contributed by atoms with van der Waals surface area (Å²) in [7, 11) is 0. The zero-order chi connectivity index (χ0) is 39.8. The number of fused-ring (bicyclic) bond motifs is 2. The second kappa shape index (κ2) is 13.5. The Morgan fingerprint density at radius 1 is 0.414 bits per heavy atom. The van der Waals surface area contributed by atoms with Gasteiger partial charge in [0.15, 0.2) is 5.54 Å². The Balaban J connectivity index is 1.33. The quantitative estimate of drug-likeness (QED) is 0.151. The third-order valence-electron chi connectivity index (χ3n) is 12.0. The molecule has 1 spiro atoms. The Morgan fingerprint density at radius 2 is 0.845 bits per heavy atom. The summed E-state index contributed by atoms with van der Waals surface area (Å²) in [6.07, 6.45) is -0.968. The molecule has 58 heavy (non-hydrogen) atoms. The number of anilines is 3. The van der Waals surface area contributed by atoms with Crippen molar-refractivity contribution in [1.29, 1.82) is 0 Å². The maximum atomic E-state index is 16.9. The molecule has 0 bridgehead atoms. The monoisotopic (exact) mass is 815 g/mol. The molecule has 3 amide bonds. The van der Waals surface area contributed by atoms with Gasteiger partial charge < -0.3 is 0 Å². The van der Waals surface area contributed by atoms with Gasteiger partial charge in [-0.25, -0.2) is 0 Å². The lowest BCUT2D eigenvalue weighted by atomic mass is 9.51. The first-order valence-corrected chi connectivity index (χ1v) is 20.0. The predicted molar refractivity (Wildman–Crippen MR) is 230 cm³/mol. The normalized spacial score (nSPS) is 20.2. The molecule has 3 aliphatic heterocycles. The van der Waals surface area contributed by atoms with Crippen LogP contribution in [0.3, 0.4) is 0 Å². The molecular formula is C49H32Cl3N3O3. The second-order valence-corrected chi connectivity index (χ2v) is 16.0. The second-order valence-electron chi connectivity index (χ2n) is 14.7. The average Bonchev–Trinajstić information content (AvgIpc) is 3.51. The van der Waals surface area contributed by atoms with Crippen LogP contribution in [0, 0.1) is 0 Å². The van der Waals surface area contributed by atoms with E-state index in [1.165, 1.54) is 0 Å². The zero-order valence-electron chi connectivity index (χ0n) is 30.7. The molecule has 2 atom stereocenters. The number of hydrogen-bond donors (Lipinski definition) is 0. The van der Waals surface area contributed by atoms with E-state index in [1.807, 2.05) is 127 Å². The minimum Gasteiger partial charge on any atom is -0.290 e. The molecule has 2 fully saturated rings. The standard InChI is InChI=1S/C49H32Cl3N3O3/c50-36-21-26-39(27-22-36)53-43(47(44(53)56,32-13-5-1-6-14-32)33-15-7-2-8-16-33)54-42-30-25-38(52)31-41(42)49(46(54)58)48(34-17-9-3-10-18-34,35-19-11-4-12-20-35)45(57)55(49)40-28-23-37(51)24-29-40/h1-31,43H/t43-,49-/m1/s1. The fourth-order valence-electron chi connectivity index (χ4n) is 9.75. The van der Waals surface area contributed by atoms with Crippen LogP contribution < -0.4 is 14.7 Å². The molecule has 3 heterocycles. The van der Waals surface area contributed by atoms with Crippen molar-refractivity contribution in [3.8, 4) is 0 Å². The zero-order valence-corrected chi connectivity index (χ0v) is 32.9. The van der Waals surface area contributed by atoms with Crippen LogP contribution >= 0.6 is 34.8 Å². The third kappa shape index (κ3) is 4.65. The number of halogens is 3. The first-order valence-electron chi connectivity index (χ1n) is 18.8. The van der Waals surface area contributed by atoms with Crippen molar-refractivity contribution in [1.82, 2.24) is 0 Å². The Labute approximate surface area is 350 Å². The van der Waals surface area contributed by atoms with Gasteiger partial charge in [0.05, 0.1) is 5.69 Å². The number of carbonyl (C=O) groups is 3. The van der Waals surface area contributed by atoms with Crippen LogP contribution in [0.4, 0.5) is 17.1 Å². The van der Waals surface area contributed by atoms with E-state index in [1.54, 1.807) is 75.4 Å². The topological polar surface area (TPSA) is 60.9 Å². The summed E-state index contributed by atoms with van der Waals surface area (Å²) in [5.74, 6) is -0.928. The van der Waals surface area contributed by atoms with Gasteiger partial charge in [0, 0.05) is 32.0 Å². The lowest BCUT2D eigenvalue weighted by molar-refractivity contribution is -0.147. The number of amides is 3. The highest BCUT2D eigenvalue weighted by Crippen LogP contribution is 2.68. The van der Waals surface area contributed by atoms with E-state index in [4.69, 9.17) is 34.8 Å². The highest BCUT2D eigenvalue weighted by Gasteiger charge is 2.82. The molecule has 7 aromatic rings. The molecule has 282 valence electrons. The maximum absolute atomic E-state index is 16.9. The molecule has 2 saturated heterocycles. The molecular weight excluding hydrogens is 785 g/mol. The Morgan fingerprint density at radius 3 is 1.33 bits per heavy atom. The molecule has 3 aliphatic rings. The summed E-state index contributed by atoms with van der Waals surface area (Å²) in [6.45, 7) is 0. The third-order valence-corrected chi connectivity index (χ3v) is 12.8. The molecule has 0 unspecified atom stereocenters. The molecule has 0 saturated carbocycles. The van der Waals surface area contributed by atoms with Gasteiger partial charge in [0.25, 0.3) is 5.91 Å². The SMILES string of the molecule is O=C1N(c2ccc(Cl)cc2)[C@H](N2C(=O)[C@@]3(c4cc(Cl)ccc42)N(c2ccc(Cl)cc2)C(=O)C3(c2ccccc2)c2ccccc2)C1(c1ccccc1)c1ccccc1. The molecule has 10 rings (SSSR count). The van der Waals surface area contributed by atoms with Gasteiger partial charge in [-0.05, 0) is 89.0 Å². The lowest BCUT2D eigenvalue weighted by Crippen LogP contribution is -2.84. The van der Waals surface area contributed by atoms with E-state index in [-0.39, 0.29) is 11.8 Å². The molecule has 0 aliphatic carbocycles. The fourth-order valence-corrected chi connectivity index (χ4v) is 10.2. The Bertz CT molecular complexity index is 2660. The molecule has 0 radical (unpaired) electrons. The highest BCUT2D eigenvalue weighted by molar-refractivity contribution is 6.34. The average molecular weight is 817 g/mol. The van der Waals surface area contributed by atoms with Crippen molar-refractivity contribution in [2.75, 3.05) is 14.7 Å². The van der Waals surface area contributed by atoms with Crippen LogP contribution in [0.5, 0.6) is 0 Å². The molecule has 0 aromatic heterocycles. The summed E-state index contributed by atoms with van der Waals surface area (Å²) in [4.78, 5) is 53.0. The number of β-lactam (4-membered cyclic amide) rings is 2. The van der Waals surface area contributed by atoms with E-state index < -0.39 is 28.4 Å². The number of nitrogens with zero attached hydrogens (tertiary/aromatic N) is 3. The lowest BCUT2D eigenvalue weighted by Gasteiger charge is -2.63. The van der Waals surface area contributed by atoms with Crippen LogP contribution in [-0.4, -0.2) is 23.9 Å². The number of hydrogen-bond acceptors (Lipinski definition) is 3. The van der Waals surface area contributed by atoms with Crippen LogP contribution in [-0.2, 0) is 30.8 Å². The van der Waals surface area contributed by atoms with E-state index in [9.17, 15) is 0 Å². The Kier molecular flexibility index (Phi) is 8.39. The summed E-state index contributed by atoms with van der Waals surface area (Å²) in [5.41, 5.74) is 0.0558. The molecule has 7 aromatic carbocycles. The first-order chi connectivity index (χ1) is 28.3. The fraction of sp³-hybridized carbons (Fsp3) is 0.0816. The number of carbonyl (C=O) groups excluding carboxylic acids is 3. The first kappa shape index (κ1) is 36.2. The van der Waals surface area contributed by atoms with Crippen LogP contribution in [0.25, 0.3) is 0 Å². The number of rotatable bonds is 7. The van der Waals surface area contributed by atoms with Crippen LogP contribution in [0.1, 0.15) is 27.8 Å². The maximum Gasteiger partial charge on any atom is 0.261 e. The van der Waals surface area contributed by atoms with Crippen LogP contribution in [0.2, 0.25) is 15.1 Å². The van der Waals surface area contributed by atoms with Crippen molar-refractivity contribution in [2.45, 2.75) is 22.5 Å². The van der Waals surface area contributed by atoms with Gasteiger partial charge in [-0.1, -0.05) is 156 Å². The van der Waals surface area contributed by atoms with Gasteiger partial charge >= 0.3 is 0 Å². The van der Waals surface area contributed by atoms with Gasteiger partial charge in [-0.2, -0.15) is 0 Å². The molecule has 0 N–H and O–H groups in total. The van der Waals surface area contributed by atoms with E-state index in [0.717, 1.165) is 0 Å². The molecule has 6 nitrogen and oxygen atoms in total. The van der Waals surface area contributed by atoms with Crippen molar-refractivity contribution in [3.63, 3.8) is 0 Å². The Hall–Kier alpha value is -6.18. The van der Waals surface area contributed by atoms with Crippen molar-refractivity contribution in [2.24, 2.45) is 0 Å². The summed E-state index contributed by atoms with van der Waals surface area (Å²) < 4.78 is 0. The van der Waals surface area contributed by atoms with E-state index in [2.05, 4.69) is 0 Å². The summed E-state index contributed by atoms with van der Waals surface area (Å²) >= 11 is 19.8. The molecule has 9 heteroatoms. The summed E-state index contributed by atoms with van der Waals surface area (Å²) in [6, 6.07) is 57.4. The van der Waals surface area contributed by atoms with Gasteiger partial charge in [0.2, 0.25) is 11.8 Å². The van der Waals surface area contributed by atoms with Crippen molar-refractivity contribution >= 4 is 69.6 Å². The predicted octanol–water partition coefficient (Wildman–Crippen LogP) is 10.6. The van der Waals surface area contributed by atoms with Crippen LogP contribution in [0.15, 0.2) is 188 Å². The minimum absolute atomic E-state index is 0.224. The van der Waals surface area contributed by atoms with Gasteiger partial charge in [-0.15, -0.1) is 0 Å².